The number of pyridine rings is 3. The molecule has 4 aromatic rings. The summed E-state index contributed by atoms with van der Waals surface area (Å²) < 4.78 is 88.9. The van der Waals surface area contributed by atoms with Gasteiger partial charge in [-0.1, -0.05) is 32.0 Å². The average molecular weight is 721 g/mol. The summed E-state index contributed by atoms with van der Waals surface area (Å²) in [6.45, 7) is 10.0. The minimum atomic E-state index is -5.01. The number of amides is 1. The second-order valence-corrected chi connectivity index (χ2v) is 14.5. The molecule has 1 aromatic carbocycles. The maximum atomic E-state index is 17.5. The Morgan fingerprint density at radius 1 is 1.10 bits per heavy atom. The lowest BCUT2D eigenvalue weighted by Crippen LogP contribution is -2.49. The first-order valence-corrected chi connectivity index (χ1v) is 17.3. The number of fused-ring (bicyclic) bond motifs is 1. The number of aromatic nitrogens is 3. The zero-order chi connectivity index (χ0) is 36.3. The van der Waals surface area contributed by atoms with Gasteiger partial charge in [-0.25, -0.2) is 17.8 Å². The average Bonchev–Trinajstić information content (AvgIpc) is 2.99. The maximum Gasteiger partial charge on any atom is 0.418 e. The smallest absolute Gasteiger partial charge is 0.384 e. The van der Waals surface area contributed by atoms with E-state index in [2.05, 4.69) is 16.5 Å². The maximum absolute atomic E-state index is 17.5. The van der Waals surface area contributed by atoms with E-state index in [0.717, 1.165) is 36.0 Å². The number of nitrogens with two attached hydrogens (primary N) is 1. The third kappa shape index (κ3) is 6.25. The number of anilines is 2. The molecule has 10 nitrogen and oxygen atoms in total. The molecule has 3 aromatic heterocycles. The topological polar surface area (TPSA) is 131 Å². The van der Waals surface area contributed by atoms with Crippen LogP contribution >= 0.6 is 11.6 Å². The molecule has 4 heterocycles. The summed E-state index contributed by atoms with van der Waals surface area (Å²) in [7, 11) is -4.38. The Hall–Kier alpha value is -4.50. The van der Waals surface area contributed by atoms with E-state index >= 15 is 4.39 Å². The van der Waals surface area contributed by atoms with E-state index in [1.54, 1.807) is 26.8 Å². The predicted octanol–water partition coefficient (Wildman–Crippen LogP) is 5.82. The van der Waals surface area contributed by atoms with Crippen LogP contribution in [0.5, 0.6) is 0 Å². The molecule has 1 aliphatic heterocycles. The van der Waals surface area contributed by atoms with E-state index in [0.29, 0.717) is 11.3 Å². The molecule has 0 aliphatic carbocycles. The van der Waals surface area contributed by atoms with Gasteiger partial charge in [0.2, 0.25) is 5.91 Å². The van der Waals surface area contributed by atoms with Crippen LogP contribution in [0.3, 0.4) is 0 Å². The molecular weight excluding hydrogens is 688 g/mol. The molecular formula is C33H33ClF4N6O4S. The number of rotatable bonds is 6. The molecule has 0 saturated carbocycles. The van der Waals surface area contributed by atoms with Crippen LogP contribution in [-0.4, -0.2) is 66.2 Å². The number of aryl methyl sites for hydroxylation is 2. The third-order valence-electron chi connectivity index (χ3n) is 8.42. The molecule has 16 heteroatoms. The Balaban J connectivity index is 2.04. The summed E-state index contributed by atoms with van der Waals surface area (Å²) >= 11 is 6.66. The first kappa shape index (κ1) is 35.8. The van der Waals surface area contributed by atoms with Gasteiger partial charge in [-0.15, -0.1) is 0 Å². The number of carbonyl (C=O) groups excluding carboxylic acids is 1. The number of hydrogen-bond donors (Lipinski definition) is 1. The van der Waals surface area contributed by atoms with Gasteiger partial charge in [0, 0.05) is 44.0 Å². The van der Waals surface area contributed by atoms with Crippen molar-refractivity contribution >= 4 is 49.8 Å². The van der Waals surface area contributed by atoms with E-state index in [1.165, 1.54) is 16.0 Å². The fraction of sp³-hybridized carbons (Fsp3) is 0.333. The molecule has 1 saturated heterocycles. The Kier molecular flexibility index (Phi) is 9.32. The van der Waals surface area contributed by atoms with Crippen molar-refractivity contribution in [3.63, 3.8) is 0 Å². The fourth-order valence-electron chi connectivity index (χ4n) is 6.31. The number of benzene rings is 1. The lowest BCUT2D eigenvalue weighted by atomic mass is 9.97. The van der Waals surface area contributed by atoms with Crippen molar-refractivity contribution in [2.75, 3.05) is 43.1 Å². The predicted molar refractivity (Wildman–Crippen MR) is 181 cm³/mol. The third-order valence-corrected chi connectivity index (χ3v) is 9.83. The van der Waals surface area contributed by atoms with Gasteiger partial charge in [0.25, 0.3) is 5.56 Å². The lowest BCUT2D eigenvalue weighted by molar-refractivity contribution is -0.137. The Morgan fingerprint density at radius 2 is 1.73 bits per heavy atom. The summed E-state index contributed by atoms with van der Waals surface area (Å²) in [5.74, 6) is -2.42. The van der Waals surface area contributed by atoms with Gasteiger partial charge < -0.3 is 15.5 Å². The normalized spacial score (nSPS) is 14.2. The van der Waals surface area contributed by atoms with Crippen LogP contribution in [0.15, 0.2) is 46.7 Å². The number of piperazine rings is 1. The molecule has 5 rings (SSSR count). The zero-order valence-electron chi connectivity index (χ0n) is 27.2. The van der Waals surface area contributed by atoms with Gasteiger partial charge in [-0.2, -0.15) is 13.2 Å². The molecule has 1 amide bonds. The number of alkyl halides is 3. The second-order valence-electron chi connectivity index (χ2n) is 12.2. The first-order valence-electron chi connectivity index (χ1n) is 15.1. The summed E-state index contributed by atoms with van der Waals surface area (Å²) in [6.07, 6.45) is -1.56. The van der Waals surface area contributed by atoms with Crippen LogP contribution in [0.1, 0.15) is 42.1 Å². The van der Waals surface area contributed by atoms with Crippen LogP contribution in [0, 0.1) is 19.7 Å². The Bertz CT molecular complexity index is 2210. The van der Waals surface area contributed by atoms with Crippen molar-refractivity contribution in [1.29, 1.82) is 0 Å². The highest BCUT2D eigenvalue weighted by molar-refractivity contribution is 7.90. The van der Waals surface area contributed by atoms with Gasteiger partial charge in [0.1, 0.15) is 5.82 Å². The number of nitrogens with zero attached hydrogens (tertiary/aromatic N) is 5. The molecule has 49 heavy (non-hydrogen) atoms. The SMILES string of the molecule is C=CC(=O)N1CCN(c2c(S(C)(=O)=O)c(=O)n(-c3c(C)ccnc3C(C)C)c3c(F)c(-c4nc(N)cc(C)c4C(F)(F)F)c(Cl)cc23)CC1. The Morgan fingerprint density at radius 3 is 2.29 bits per heavy atom. The van der Waals surface area contributed by atoms with Crippen LogP contribution in [0.25, 0.3) is 27.8 Å². The zero-order valence-corrected chi connectivity index (χ0v) is 28.8. The lowest BCUT2D eigenvalue weighted by Gasteiger charge is -2.37. The number of hydrogen-bond acceptors (Lipinski definition) is 8. The largest absolute Gasteiger partial charge is 0.418 e. The van der Waals surface area contributed by atoms with Crippen molar-refractivity contribution in [3.05, 3.63) is 80.6 Å². The van der Waals surface area contributed by atoms with Crippen molar-refractivity contribution in [2.24, 2.45) is 0 Å². The standard InChI is InChI=1S/C33H33ClF4N6O4S/c1-7-22(45)42-10-12-43(13-11-42)30-19-15-20(34)23(27-24(33(36,37)38)18(5)14-21(39)41-27)25(35)29(19)44(32(46)31(30)49(6,47)48)28-17(4)8-9-40-26(28)16(2)3/h7-9,14-16H,1,10-13H2,2-6H3,(H2,39,41). The van der Waals surface area contributed by atoms with E-state index < -0.39 is 59.6 Å². The number of nitrogen functional groups attached to an aromatic ring is 1. The summed E-state index contributed by atoms with van der Waals surface area (Å²) in [4.78, 5) is 37.6. The van der Waals surface area contributed by atoms with Crippen LogP contribution < -0.4 is 16.2 Å². The highest BCUT2D eigenvalue weighted by atomic mass is 35.5. The fourth-order valence-corrected chi connectivity index (χ4v) is 7.59. The molecule has 0 unspecified atom stereocenters. The van der Waals surface area contributed by atoms with Crippen LogP contribution in [0.2, 0.25) is 5.02 Å². The van der Waals surface area contributed by atoms with Gasteiger partial charge >= 0.3 is 6.18 Å². The van der Waals surface area contributed by atoms with E-state index in [-0.39, 0.29) is 66.1 Å². The number of halogens is 5. The number of sulfone groups is 1. The monoisotopic (exact) mass is 720 g/mol. The van der Waals surface area contributed by atoms with E-state index in [4.69, 9.17) is 17.3 Å². The van der Waals surface area contributed by atoms with E-state index in [9.17, 15) is 31.2 Å². The van der Waals surface area contributed by atoms with Crippen molar-refractivity contribution in [3.8, 4) is 16.9 Å². The first-order chi connectivity index (χ1) is 22.8. The van der Waals surface area contributed by atoms with Crippen molar-refractivity contribution in [2.45, 2.75) is 44.7 Å². The Labute approximate surface area is 284 Å². The second kappa shape index (κ2) is 12.8. The van der Waals surface area contributed by atoms with Gasteiger partial charge in [0.15, 0.2) is 20.5 Å². The van der Waals surface area contributed by atoms with Gasteiger partial charge in [0.05, 0.1) is 44.4 Å². The minimum absolute atomic E-state index is 0.0268. The minimum Gasteiger partial charge on any atom is -0.384 e. The number of carbonyl (C=O) groups is 1. The van der Waals surface area contributed by atoms with Crippen molar-refractivity contribution in [1.82, 2.24) is 19.4 Å². The van der Waals surface area contributed by atoms with E-state index in [1.807, 2.05) is 0 Å². The molecule has 0 radical (unpaired) electrons. The van der Waals surface area contributed by atoms with Crippen LogP contribution in [0.4, 0.5) is 29.1 Å². The van der Waals surface area contributed by atoms with Crippen molar-refractivity contribution < 1.29 is 30.8 Å². The highest BCUT2D eigenvalue weighted by Gasteiger charge is 2.40. The molecule has 0 atom stereocenters. The quantitative estimate of drug-likeness (QED) is 0.195. The molecule has 1 fully saturated rings. The molecule has 2 N–H and O–H groups in total. The molecule has 0 bridgehead atoms. The molecule has 260 valence electrons. The summed E-state index contributed by atoms with van der Waals surface area (Å²) in [5, 5.41) is -0.701. The molecule has 1 aliphatic rings. The highest BCUT2D eigenvalue weighted by Crippen LogP contribution is 2.46. The van der Waals surface area contributed by atoms with Gasteiger partial charge in [-0.05, 0) is 55.2 Å². The van der Waals surface area contributed by atoms with Gasteiger partial charge in [-0.3, -0.25) is 19.1 Å². The molecule has 0 spiro atoms. The summed E-state index contributed by atoms with van der Waals surface area (Å²) in [5.41, 5.74) is 1.45. The van der Waals surface area contributed by atoms with Crippen LogP contribution in [-0.2, 0) is 20.8 Å². The summed E-state index contributed by atoms with van der Waals surface area (Å²) in [6, 6.07) is 3.68.